The zero-order valence-corrected chi connectivity index (χ0v) is 13.2. The fourth-order valence-electron chi connectivity index (χ4n) is 2.87. The average molecular weight is 289 g/mol. The fourth-order valence-corrected chi connectivity index (χ4v) is 2.87. The number of carbonyl (C=O) groups excluding carboxylic acids is 1. The van der Waals surface area contributed by atoms with Crippen LogP contribution in [0.25, 0.3) is 0 Å². The molecule has 4 heteroatoms. The summed E-state index contributed by atoms with van der Waals surface area (Å²) in [6.07, 6.45) is 3.57. The van der Waals surface area contributed by atoms with Crippen molar-refractivity contribution in [3.63, 3.8) is 0 Å². The Hall–Kier alpha value is -1.55. The number of anilines is 1. The first-order valence-corrected chi connectivity index (χ1v) is 8.10. The molecule has 1 fully saturated rings. The van der Waals surface area contributed by atoms with Crippen molar-refractivity contribution in [2.24, 2.45) is 0 Å². The van der Waals surface area contributed by atoms with Crippen LogP contribution in [0.3, 0.4) is 0 Å². The molecule has 0 spiro atoms. The van der Waals surface area contributed by atoms with Gasteiger partial charge in [-0.25, -0.2) is 0 Å². The molecule has 1 aliphatic rings. The van der Waals surface area contributed by atoms with Crippen LogP contribution in [0.15, 0.2) is 24.3 Å². The smallest absolute Gasteiger partial charge is 0.251 e. The Labute approximate surface area is 127 Å². The Morgan fingerprint density at radius 3 is 2.71 bits per heavy atom. The summed E-state index contributed by atoms with van der Waals surface area (Å²) in [5.41, 5.74) is 1.78. The first kappa shape index (κ1) is 15.8. The van der Waals surface area contributed by atoms with Crippen LogP contribution < -0.4 is 10.6 Å². The molecule has 0 aromatic heterocycles. The predicted molar refractivity (Wildman–Crippen MR) is 87.8 cm³/mol. The summed E-state index contributed by atoms with van der Waals surface area (Å²) in [7, 11) is 0. The van der Waals surface area contributed by atoms with Crippen molar-refractivity contribution < 1.29 is 4.79 Å². The van der Waals surface area contributed by atoms with E-state index in [1.807, 2.05) is 31.2 Å². The largest absolute Gasteiger partial charge is 0.382 e. The van der Waals surface area contributed by atoms with Gasteiger partial charge in [0.1, 0.15) is 0 Å². The molecular formula is C17H27N3O. The molecule has 1 aliphatic heterocycles. The van der Waals surface area contributed by atoms with Crippen LogP contribution in [0.2, 0.25) is 0 Å². The first-order chi connectivity index (χ1) is 10.2. The highest BCUT2D eigenvalue weighted by molar-refractivity contribution is 5.95. The average Bonchev–Trinajstić information content (AvgIpc) is 2.50. The van der Waals surface area contributed by atoms with Gasteiger partial charge in [-0.15, -0.1) is 0 Å². The summed E-state index contributed by atoms with van der Waals surface area (Å²) in [6.45, 7) is 8.37. The second kappa shape index (κ2) is 8.03. The summed E-state index contributed by atoms with van der Waals surface area (Å²) in [5, 5.41) is 6.41. The van der Waals surface area contributed by atoms with Gasteiger partial charge >= 0.3 is 0 Å². The van der Waals surface area contributed by atoms with Gasteiger partial charge in [-0.2, -0.15) is 0 Å². The van der Waals surface area contributed by atoms with Gasteiger partial charge in [0.05, 0.1) is 0 Å². The maximum absolute atomic E-state index is 11.9. The Bertz CT molecular complexity index is 453. The minimum Gasteiger partial charge on any atom is -0.382 e. The molecule has 0 atom stereocenters. The van der Waals surface area contributed by atoms with E-state index >= 15 is 0 Å². The van der Waals surface area contributed by atoms with E-state index in [1.54, 1.807) is 0 Å². The van der Waals surface area contributed by atoms with Crippen molar-refractivity contribution in [1.82, 2.24) is 10.2 Å². The molecular weight excluding hydrogens is 262 g/mol. The third-order valence-corrected chi connectivity index (χ3v) is 3.96. The number of nitrogens with one attached hydrogen (secondary N) is 2. The number of hydrogen-bond donors (Lipinski definition) is 2. The first-order valence-electron chi connectivity index (χ1n) is 8.10. The number of carbonyl (C=O) groups is 1. The van der Waals surface area contributed by atoms with Gasteiger partial charge in [0, 0.05) is 36.9 Å². The van der Waals surface area contributed by atoms with Crippen LogP contribution in [-0.4, -0.2) is 43.0 Å². The van der Waals surface area contributed by atoms with E-state index in [0.29, 0.717) is 12.6 Å². The summed E-state index contributed by atoms with van der Waals surface area (Å²) in [4.78, 5) is 14.4. The van der Waals surface area contributed by atoms with E-state index in [2.05, 4.69) is 22.5 Å². The topological polar surface area (TPSA) is 44.4 Å². The maximum Gasteiger partial charge on any atom is 0.251 e. The van der Waals surface area contributed by atoms with Gasteiger partial charge in [0.15, 0.2) is 0 Å². The number of rotatable bonds is 6. The van der Waals surface area contributed by atoms with Gasteiger partial charge in [0.2, 0.25) is 0 Å². The third kappa shape index (κ3) is 4.74. The number of benzene rings is 1. The Morgan fingerprint density at radius 1 is 1.29 bits per heavy atom. The van der Waals surface area contributed by atoms with Gasteiger partial charge in [-0.05, 0) is 50.9 Å². The van der Waals surface area contributed by atoms with Crippen molar-refractivity contribution in [2.45, 2.75) is 39.2 Å². The predicted octanol–water partition coefficient (Wildman–Crippen LogP) is 2.72. The lowest BCUT2D eigenvalue weighted by atomic mass is 10.0. The number of hydrogen-bond acceptors (Lipinski definition) is 3. The van der Waals surface area contributed by atoms with E-state index in [1.165, 1.54) is 38.9 Å². The summed E-state index contributed by atoms with van der Waals surface area (Å²) >= 11 is 0. The molecule has 0 saturated carbocycles. The molecule has 21 heavy (non-hydrogen) atoms. The number of amides is 1. The van der Waals surface area contributed by atoms with Crippen LogP contribution in [0, 0.1) is 0 Å². The lowest BCUT2D eigenvalue weighted by molar-refractivity contribution is 0.0956. The van der Waals surface area contributed by atoms with Crippen molar-refractivity contribution in [2.75, 3.05) is 31.5 Å². The molecule has 116 valence electrons. The number of piperidine rings is 1. The van der Waals surface area contributed by atoms with E-state index in [4.69, 9.17) is 0 Å². The van der Waals surface area contributed by atoms with Crippen LogP contribution in [0.4, 0.5) is 5.69 Å². The highest BCUT2D eigenvalue weighted by atomic mass is 16.1. The molecule has 4 nitrogen and oxygen atoms in total. The Kier molecular flexibility index (Phi) is 6.05. The summed E-state index contributed by atoms with van der Waals surface area (Å²) in [6, 6.07) is 8.31. The molecule has 0 aliphatic carbocycles. The number of nitrogens with zero attached hydrogens (tertiary/aromatic N) is 1. The maximum atomic E-state index is 11.9. The minimum absolute atomic E-state index is 0.00100. The lowest BCUT2D eigenvalue weighted by Crippen LogP contribution is -2.39. The molecule has 2 rings (SSSR count). The van der Waals surface area contributed by atoms with Gasteiger partial charge in [0.25, 0.3) is 5.91 Å². The molecule has 2 N–H and O–H groups in total. The van der Waals surface area contributed by atoms with Crippen molar-refractivity contribution >= 4 is 11.6 Å². The second-order valence-corrected chi connectivity index (χ2v) is 5.70. The molecule has 0 unspecified atom stereocenters. The van der Waals surface area contributed by atoms with Gasteiger partial charge < -0.3 is 15.5 Å². The second-order valence-electron chi connectivity index (χ2n) is 5.70. The highest BCUT2D eigenvalue weighted by Gasteiger charge is 2.18. The van der Waals surface area contributed by atoms with Gasteiger partial charge in [-0.3, -0.25) is 4.79 Å². The SMILES string of the molecule is CCCN1CCC(Nc2cccc(C(=O)NCC)c2)CC1. The van der Waals surface area contributed by atoms with Crippen LogP contribution in [-0.2, 0) is 0 Å². The van der Waals surface area contributed by atoms with Crippen molar-refractivity contribution in [3.05, 3.63) is 29.8 Å². The normalized spacial score (nSPS) is 16.7. The zero-order chi connectivity index (χ0) is 15.1. The Balaban J connectivity index is 1.89. The van der Waals surface area contributed by atoms with Crippen LogP contribution in [0.5, 0.6) is 0 Å². The molecule has 1 heterocycles. The minimum atomic E-state index is -0.00100. The zero-order valence-electron chi connectivity index (χ0n) is 13.2. The summed E-state index contributed by atoms with van der Waals surface area (Å²) in [5.74, 6) is -0.00100. The van der Waals surface area contributed by atoms with E-state index < -0.39 is 0 Å². The van der Waals surface area contributed by atoms with Crippen molar-refractivity contribution in [1.29, 1.82) is 0 Å². The quantitative estimate of drug-likeness (QED) is 0.846. The molecule has 1 aromatic carbocycles. The molecule has 1 saturated heterocycles. The van der Waals surface area contributed by atoms with E-state index in [-0.39, 0.29) is 5.91 Å². The van der Waals surface area contributed by atoms with Crippen molar-refractivity contribution in [3.8, 4) is 0 Å². The summed E-state index contributed by atoms with van der Waals surface area (Å²) < 4.78 is 0. The molecule has 0 bridgehead atoms. The van der Waals surface area contributed by atoms with Crippen LogP contribution in [0.1, 0.15) is 43.5 Å². The standard InChI is InChI=1S/C17H27N3O/c1-3-10-20-11-8-15(9-12-20)19-16-7-5-6-14(13-16)17(21)18-4-2/h5-7,13,15,19H,3-4,8-12H2,1-2H3,(H,18,21). The van der Waals surface area contributed by atoms with E-state index in [0.717, 1.165) is 11.3 Å². The van der Waals surface area contributed by atoms with Crippen LogP contribution >= 0.6 is 0 Å². The molecule has 1 aromatic rings. The molecule has 0 radical (unpaired) electrons. The van der Waals surface area contributed by atoms with Gasteiger partial charge in [-0.1, -0.05) is 13.0 Å². The monoisotopic (exact) mass is 289 g/mol. The third-order valence-electron chi connectivity index (χ3n) is 3.96. The number of likely N-dealkylation sites (tertiary alicyclic amines) is 1. The van der Waals surface area contributed by atoms with E-state index in [9.17, 15) is 4.79 Å². The Morgan fingerprint density at radius 2 is 2.05 bits per heavy atom. The molecule has 1 amide bonds. The highest BCUT2D eigenvalue weighted by Crippen LogP contribution is 2.18. The lowest BCUT2D eigenvalue weighted by Gasteiger charge is -2.32. The fraction of sp³-hybridized carbons (Fsp3) is 0.588.